The minimum Gasteiger partial charge on any atom is -0.490 e. The molecule has 4 aliphatic rings. The van der Waals surface area contributed by atoms with Gasteiger partial charge in [-0.3, -0.25) is 14.3 Å². The lowest BCUT2D eigenvalue weighted by molar-refractivity contribution is -0.132. The summed E-state index contributed by atoms with van der Waals surface area (Å²) in [5.74, 6) is -1.09. The van der Waals surface area contributed by atoms with Crippen molar-refractivity contribution in [3.05, 3.63) is 53.3 Å². The highest BCUT2D eigenvalue weighted by Crippen LogP contribution is 2.46. The summed E-state index contributed by atoms with van der Waals surface area (Å²) >= 11 is 0. The van der Waals surface area contributed by atoms with E-state index in [1.54, 1.807) is 24.3 Å². The molecule has 0 unspecified atom stereocenters. The van der Waals surface area contributed by atoms with Crippen LogP contribution in [0.25, 0.3) is 11.1 Å². The van der Waals surface area contributed by atoms with Crippen LogP contribution in [0.15, 0.2) is 36.4 Å². The Hall–Kier alpha value is -3.05. The quantitative estimate of drug-likeness (QED) is 0.328. The molecule has 4 fully saturated rings. The maximum Gasteiger partial charge on any atom is 0.259 e. The lowest BCUT2D eigenvalue weighted by atomic mass is 9.76. The average Bonchev–Trinajstić information content (AvgIpc) is 3.70. The first-order valence-corrected chi connectivity index (χ1v) is 18.0. The number of hydrogen-bond donors (Lipinski definition) is 3. The minimum atomic E-state index is -3.70. The van der Waals surface area contributed by atoms with Crippen molar-refractivity contribution in [2.24, 2.45) is 0 Å². The number of carbonyl (C=O) groups excluding carboxylic acids is 2. The molecule has 3 aliphatic carbocycles. The van der Waals surface area contributed by atoms with Crippen molar-refractivity contribution in [1.29, 1.82) is 0 Å². The number of alkyl halides is 1. The monoisotopic (exact) mass is 643 g/mol. The standard InChI is InChI=1S/C34H43F2N3O5S/c1-2-45(42,43)39-30(40)18-22-11-14-29(27(17-22)26-9-6-10-28(35)31(26)23-7-5-8-23)44-25-13-12-24(19-25)38-32(41)34(36)20-33(37-21-34)15-3-4-16-33/h6,9-11,14,17,23-25,37H,2-5,7-8,12-13,15-16,18-21H2,1H3,(H,38,41)(H,39,40)/t24-,25-,34+/m1/s1. The van der Waals surface area contributed by atoms with Gasteiger partial charge in [-0.2, -0.15) is 0 Å². The molecule has 0 aromatic heterocycles. The smallest absolute Gasteiger partial charge is 0.259 e. The molecule has 3 atom stereocenters. The topological polar surface area (TPSA) is 114 Å². The van der Waals surface area contributed by atoms with Gasteiger partial charge in [0.2, 0.25) is 21.6 Å². The van der Waals surface area contributed by atoms with Gasteiger partial charge in [-0.05, 0) is 86.3 Å². The molecular weight excluding hydrogens is 600 g/mol. The Labute approximate surface area is 264 Å². The highest BCUT2D eigenvalue weighted by atomic mass is 32.2. The van der Waals surface area contributed by atoms with Crippen molar-refractivity contribution in [2.45, 2.75) is 113 Å². The van der Waals surface area contributed by atoms with Crippen LogP contribution in [0.1, 0.15) is 94.6 Å². The summed E-state index contributed by atoms with van der Waals surface area (Å²) in [6.07, 6.45) is 8.34. The molecule has 1 heterocycles. The van der Waals surface area contributed by atoms with E-state index in [2.05, 4.69) is 15.4 Å². The molecule has 6 rings (SSSR count). The van der Waals surface area contributed by atoms with Crippen molar-refractivity contribution in [3.8, 4) is 16.9 Å². The molecule has 244 valence electrons. The van der Waals surface area contributed by atoms with Gasteiger partial charge in [0, 0.05) is 36.5 Å². The molecule has 2 aromatic rings. The zero-order valence-electron chi connectivity index (χ0n) is 25.8. The number of ether oxygens (including phenoxy) is 1. The third-order valence-corrected chi connectivity index (χ3v) is 11.6. The average molecular weight is 644 g/mol. The number of nitrogens with one attached hydrogen (secondary N) is 3. The van der Waals surface area contributed by atoms with Crippen LogP contribution in [0, 0.1) is 5.82 Å². The van der Waals surface area contributed by atoms with E-state index in [1.165, 1.54) is 13.0 Å². The summed E-state index contributed by atoms with van der Waals surface area (Å²) in [6.45, 7) is 1.50. The van der Waals surface area contributed by atoms with Gasteiger partial charge in [-0.25, -0.2) is 17.2 Å². The number of halogens is 2. The largest absolute Gasteiger partial charge is 0.490 e. The van der Waals surface area contributed by atoms with E-state index in [9.17, 15) is 18.0 Å². The summed E-state index contributed by atoms with van der Waals surface area (Å²) in [7, 11) is -3.70. The fourth-order valence-corrected chi connectivity index (χ4v) is 8.14. The Kier molecular flexibility index (Phi) is 8.95. The molecule has 11 heteroatoms. The van der Waals surface area contributed by atoms with E-state index in [0.29, 0.717) is 47.3 Å². The molecule has 0 radical (unpaired) electrons. The van der Waals surface area contributed by atoms with Crippen molar-refractivity contribution < 1.29 is 31.5 Å². The third-order valence-electron chi connectivity index (χ3n) is 10.3. The number of rotatable bonds is 10. The van der Waals surface area contributed by atoms with E-state index in [1.807, 2.05) is 6.07 Å². The first-order valence-electron chi connectivity index (χ1n) is 16.3. The van der Waals surface area contributed by atoms with Gasteiger partial charge in [0.05, 0.1) is 12.2 Å². The Morgan fingerprint density at radius 1 is 1.04 bits per heavy atom. The molecule has 1 spiro atoms. The van der Waals surface area contributed by atoms with E-state index in [4.69, 9.17) is 4.74 Å². The fraction of sp³-hybridized carbons (Fsp3) is 0.588. The highest BCUT2D eigenvalue weighted by Gasteiger charge is 2.54. The minimum absolute atomic E-state index is 0.0422. The van der Waals surface area contributed by atoms with Crippen molar-refractivity contribution >= 4 is 21.8 Å². The Morgan fingerprint density at radius 3 is 2.53 bits per heavy atom. The molecule has 1 aliphatic heterocycles. The van der Waals surface area contributed by atoms with Crippen LogP contribution in [0.5, 0.6) is 5.75 Å². The van der Waals surface area contributed by atoms with Gasteiger partial charge in [-0.1, -0.05) is 37.5 Å². The lowest BCUT2D eigenvalue weighted by Crippen LogP contribution is -2.48. The number of carbonyl (C=O) groups is 2. The summed E-state index contributed by atoms with van der Waals surface area (Å²) in [5.41, 5.74) is 0.350. The molecule has 3 N–H and O–H groups in total. The SMILES string of the molecule is CCS(=O)(=O)NC(=O)Cc1ccc(O[C@@H]2CC[C@@H](NC(=O)[C@@]3(F)CNC4(CCCC4)C3)C2)c(-c2cccc(F)c2C2CCC2)c1. The second-order valence-corrected chi connectivity index (χ2v) is 15.5. The van der Waals surface area contributed by atoms with Gasteiger partial charge < -0.3 is 15.4 Å². The zero-order chi connectivity index (χ0) is 31.8. The normalized spacial score (nSPS) is 26.1. The molecule has 45 heavy (non-hydrogen) atoms. The lowest BCUT2D eigenvalue weighted by Gasteiger charge is -2.29. The number of hydrogen-bond acceptors (Lipinski definition) is 6. The van der Waals surface area contributed by atoms with Crippen LogP contribution in [-0.4, -0.2) is 55.9 Å². The van der Waals surface area contributed by atoms with Crippen LogP contribution >= 0.6 is 0 Å². The van der Waals surface area contributed by atoms with Crippen molar-refractivity contribution in [3.63, 3.8) is 0 Å². The third kappa shape index (κ3) is 6.89. The van der Waals surface area contributed by atoms with E-state index < -0.39 is 27.5 Å². The van der Waals surface area contributed by atoms with Gasteiger partial charge in [0.25, 0.3) is 5.91 Å². The van der Waals surface area contributed by atoms with Crippen molar-refractivity contribution in [2.75, 3.05) is 12.3 Å². The second kappa shape index (κ2) is 12.6. The first-order chi connectivity index (χ1) is 21.5. The van der Waals surface area contributed by atoms with E-state index in [0.717, 1.165) is 44.9 Å². The fourth-order valence-electron chi connectivity index (χ4n) is 7.58. The van der Waals surface area contributed by atoms with E-state index >= 15 is 8.78 Å². The van der Waals surface area contributed by atoms with Crippen LogP contribution in [-0.2, 0) is 26.0 Å². The maximum atomic E-state index is 15.8. The van der Waals surface area contributed by atoms with Crippen molar-refractivity contribution in [1.82, 2.24) is 15.4 Å². The predicted molar refractivity (Wildman–Crippen MR) is 168 cm³/mol. The number of amides is 2. The summed E-state index contributed by atoms with van der Waals surface area (Å²) in [5, 5.41) is 6.26. The molecule has 0 bridgehead atoms. The first kappa shape index (κ1) is 31.9. The van der Waals surface area contributed by atoms with Gasteiger partial charge in [0.15, 0.2) is 0 Å². The number of sulfonamides is 1. The molecule has 8 nitrogen and oxygen atoms in total. The molecule has 2 amide bonds. The van der Waals surface area contributed by atoms with Crippen LogP contribution < -0.4 is 20.1 Å². The molecule has 2 aromatic carbocycles. The van der Waals surface area contributed by atoms with Gasteiger partial charge >= 0.3 is 0 Å². The second-order valence-electron chi connectivity index (χ2n) is 13.5. The molecule has 3 saturated carbocycles. The zero-order valence-corrected chi connectivity index (χ0v) is 26.6. The Balaban J connectivity index is 1.19. The summed E-state index contributed by atoms with van der Waals surface area (Å²) in [6, 6.07) is 9.99. The molecule has 1 saturated heterocycles. The van der Waals surface area contributed by atoms with Crippen LogP contribution in [0.3, 0.4) is 0 Å². The molecular formula is C34H43F2N3O5S. The summed E-state index contributed by atoms with van der Waals surface area (Å²) in [4.78, 5) is 25.6. The Bertz CT molecular complexity index is 1560. The van der Waals surface area contributed by atoms with Gasteiger partial charge in [-0.15, -0.1) is 0 Å². The van der Waals surface area contributed by atoms with Crippen LogP contribution in [0.4, 0.5) is 8.78 Å². The Morgan fingerprint density at radius 2 is 1.82 bits per heavy atom. The number of benzene rings is 2. The van der Waals surface area contributed by atoms with Gasteiger partial charge in [0.1, 0.15) is 17.7 Å². The van der Waals surface area contributed by atoms with E-state index in [-0.39, 0.29) is 54.6 Å². The maximum absolute atomic E-state index is 15.8. The van der Waals surface area contributed by atoms with Crippen LogP contribution in [0.2, 0.25) is 0 Å². The predicted octanol–water partition coefficient (Wildman–Crippen LogP) is 5.20. The summed E-state index contributed by atoms with van der Waals surface area (Å²) < 4.78 is 63.5. The highest BCUT2D eigenvalue weighted by molar-refractivity contribution is 7.90.